The first-order valence-electron chi connectivity index (χ1n) is 6.51. The quantitative estimate of drug-likeness (QED) is 0.863. The fraction of sp³-hybridized carbons (Fsp3) is 0.600. The zero-order valence-electron chi connectivity index (χ0n) is 11.3. The van der Waals surface area contributed by atoms with E-state index in [-0.39, 0.29) is 5.41 Å². The molecule has 94 valence electrons. The number of aryl methyl sites for hydroxylation is 1. The molecule has 1 N–H and O–H groups in total. The van der Waals surface area contributed by atoms with E-state index in [2.05, 4.69) is 50.4 Å². The van der Waals surface area contributed by atoms with Crippen molar-refractivity contribution in [2.75, 3.05) is 7.05 Å². The minimum absolute atomic E-state index is 0.218. The molecule has 1 aliphatic rings. The van der Waals surface area contributed by atoms with Crippen molar-refractivity contribution in [2.24, 2.45) is 5.41 Å². The summed E-state index contributed by atoms with van der Waals surface area (Å²) in [5, 5.41) is 3.36. The highest BCUT2D eigenvalue weighted by Crippen LogP contribution is 2.43. The van der Waals surface area contributed by atoms with E-state index in [0.29, 0.717) is 12.1 Å². The maximum Gasteiger partial charge on any atom is 0.122 e. The molecule has 1 aromatic rings. The summed E-state index contributed by atoms with van der Waals surface area (Å²) < 4.78 is 6.18. The third kappa shape index (κ3) is 2.19. The molecule has 1 fully saturated rings. The van der Waals surface area contributed by atoms with Crippen LogP contribution in [0.25, 0.3) is 0 Å². The Labute approximate surface area is 104 Å². The summed E-state index contributed by atoms with van der Waals surface area (Å²) in [6.45, 7) is 6.72. The zero-order valence-corrected chi connectivity index (χ0v) is 11.3. The van der Waals surface area contributed by atoms with Gasteiger partial charge in [0.2, 0.25) is 0 Å². The number of para-hydroxylation sites is 1. The van der Waals surface area contributed by atoms with Crippen molar-refractivity contribution < 1.29 is 4.74 Å². The predicted molar refractivity (Wildman–Crippen MR) is 71.5 cm³/mol. The van der Waals surface area contributed by atoms with Crippen molar-refractivity contribution in [1.29, 1.82) is 0 Å². The second-order valence-electron chi connectivity index (χ2n) is 5.47. The van der Waals surface area contributed by atoms with Gasteiger partial charge in [-0.3, -0.25) is 0 Å². The molecule has 0 saturated heterocycles. The van der Waals surface area contributed by atoms with Crippen molar-refractivity contribution >= 4 is 0 Å². The van der Waals surface area contributed by atoms with Crippen LogP contribution in [-0.4, -0.2) is 19.2 Å². The molecule has 1 saturated carbocycles. The average molecular weight is 233 g/mol. The lowest BCUT2D eigenvalue weighted by molar-refractivity contribution is -0.0525. The molecule has 0 spiro atoms. The van der Waals surface area contributed by atoms with Gasteiger partial charge in [-0.1, -0.05) is 39.0 Å². The molecule has 2 heteroatoms. The van der Waals surface area contributed by atoms with Crippen molar-refractivity contribution in [3.63, 3.8) is 0 Å². The fourth-order valence-corrected chi connectivity index (χ4v) is 2.64. The molecule has 1 aromatic carbocycles. The van der Waals surface area contributed by atoms with Crippen LogP contribution in [-0.2, 0) is 6.42 Å². The molecular formula is C15H23NO. The Kier molecular flexibility index (Phi) is 3.43. The van der Waals surface area contributed by atoms with Crippen LogP contribution in [0.1, 0.15) is 32.8 Å². The molecule has 1 aliphatic carbocycles. The molecule has 0 aliphatic heterocycles. The maximum absolute atomic E-state index is 6.18. The van der Waals surface area contributed by atoms with Gasteiger partial charge < -0.3 is 10.1 Å². The number of hydrogen-bond acceptors (Lipinski definition) is 2. The Bertz CT molecular complexity index is 386. The van der Waals surface area contributed by atoms with Gasteiger partial charge in [0.05, 0.1) is 0 Å². The summed E-state index contributed by atoms with van der Waals surface area (Å²) in [7, 11) is 2.03. The number of nitrogens with one attached hydrogen (secondary N) is 1. The molecule has 0 heterocycles. The van der Waals surface area contributed by atoms with Gasteiger partial charge >= 0.3 is 0 Å². The maximum atomic E-state index is 6.18. The zero-order chi connectivity index (χ0) is 12.5. The standard InChI is InChI=1S/C15H23NO/c1-5-11-8-6-7-9-12(11)17-14-10-13(16-4)15(14,2)3/h6-9,13-14,16H,5,10H2,1-4H3. The molecule has 0 aromatic heterocycles. The number of benzene rings is 1. The van der Waals surface area contributed by atoms with Gasteiger partial charge in [-0.05, 0) is 25.1 Å². The first-order chi connectivity index (χ1) is 8.09. The highest BCUT2D eigenvalue weighted by atomic mass is 16.5. The van der Waals surface area contributed by atoms with Crippen LogP contribution in [0, 0.1) is 5.41 Å². The lowest BCUT2D eigenvalue weighted by Crippen LogP contribution is -2.61. The van der Waals surface area contributed by atoms with Crippen LogP contribution in [0.15, 0.2) is 24.3 Å². The molecule has 0 radical (unpaired) electrons. The van der Waals surface area contributed by atoms with Crippen LogP contribution in [0.5, 0.6) is 5.75 Å². The highest BCUT2D eigenvalue weighted by molar-refractivity contribution is 5.33. The molecule has 2 rings (SSSR count). The second kappa shape index (κ2) is 4.69. The SMILES string of the molecule is CCc1ccccc1OC1CC(NC)C1(C)C. The van der Waals surface area contributed by atoms with Crippen LogP contribution >= 0.6 is 0 Å². The first kappa shape index (κ1) is 12.4. The van der Waals surface area contributed by atoms with Crippen molar-refractivity contribution in [3.8, 4) is 5.75 Å². The molecule has 0 amide bonds. The van der Waals surface area contributed by atoms with Gasteiger partial charge in [-0.2, -0.15) is 0 Å². The fourth-order valence-electron chi connectivity index (χ4n) is 2.64. The van der Waals surface area contributed by atoms with Gasteiger partial charge in [0.25, 0.3) is 0 Å². The smallest absolute Gasteiger partial charge is 0.122 e. The molecule has 2 unspecified atom stereocenters. The van der Waals surface area contributed by atoms with Crippen LogP contribution in [0.2, 0.25) is 0 Å². The second-order valence-corrected chi connectivity index (χ2v) is 5.47. The molecular weight excluding hydrogens is 210 g/mol. The van der Waals surface area contributed by atoms with Crippen LogP contribution in [0.4, 0.5) is 0 Å². The monoisotopic (exact) mass is 233 g/mol. The predicted octanol–water partition coefficient (Wildman–Crippen LogP) is 3.01. The van der Waals surface area contributed by atoms with Gasteiger partial charge in [-0.15, -0.1) is 0 Å². The molecule has 17 heavy (non-hydrogen) atoms. The summed E-state index contributed by atoms with van der Waals surface area (Å²) in [6.07, 6.45) is 2.45. The van der Waals surface area contributed by atoms with Crippen LogP contribution in [0.3, 0.4) is 0 Å². The van der Waals surface area contributed by atoms with E-state index in [1.54, 1.807) is 0 Å². The Morgan fingerprint density at radius 3 is 2.65 bits per heavy atom. The molecule has 2 atom stereocenters. The largest absolute Gasteiger partial charge is 0.489 e. The minimum Gasteiger partial charge on any atom is -0.489 e. The summed E-state index contributed by atoms with van der Waals surface area (Å²) in [6, 6.07) is 8.93. The summed E-state index contributed by atoms with van der Waals surface area (Å²) >= 11 is 0. The third-order valence-corrected chi connectivity index (χ3v) is 4.15. The van der Waals surface area contributed by atoms with E-state index in [1.807, 2.05) is 7.05 Å². The van der Waals surface area contributed by atoms with E-state index < -0.39 is 0 Å². The summed E-state index contributed by atoms with van der Waals surface area (Å²) in [5.74, 6) is 1.06. The van der Waals surface area contributed by atoms with E-state index in [1.165, 1.54) is 5.56 Å². The minimum atomic E-state index is 0.218. The van der Waals surface area contributed by atoms with Gasteiger partial charge in [0, 0.05) is 17.9 Å². The molecule has 0 bridgehead atoms. The Hall–Kier alpha value is -1.02. The average Bonchev–Trinajstić information content (AvgIpc) is 2.34. The van der Waals surface area contributed by atoms with Gasteiger partial charge in [-0.25, -0.2) is 0 Å². The lowest BCUT2D eigenvalue weighted by atomic mass is 9.64. The highest BCUT2D eigenvalue weighted by Gasteiger charge is 2.49. The summed E-state index contributed by atoms with van der Waals surface area (Å²) in [4.78, 5) is 0. The van der Waals surface area contributed by atoms with E-state index in [0.717, 1.165) is 18.6 Å². The third-order valence-electron chi connectivity index (χ3n) is 4.15. The first-order valence-corrected chi connectivity index (χ1v) is 6.51. The topological polar surface area (TPSA) is 21.3 Å². The van der Waals surface area contributed by atoms with E-state index in [4.69, 9.17) is 4.74 Å². The van der Waals surface area contributed by atoms with Crippen molar-refractivity contribution in [2.45, 2.75) is 45.8 Å². The van der Waals surface area contributed by atoms with Gasteiger partial charge in [0.1, 0.15) is 11.9 Å². The number of rotatable bonds is 4. The Morgan fingerprint density at radius 2 is 2.06 bits per heavy atom. The Balaban J connectivity index is 2.08. The van der Waals surface area contributed by atoms with E-state index in [9.17, 15) is 0 Å². The van der Waals surface area contributed by atoms with Gasteiger partial charge in [0.15, 0.2) is 0 Å². The number of ether oxygens (including phenoxy) is 1. The normalized spacial score (nSPS) is 26.4. The lowest BCUT2D eigenvalue weighted by Gasteiger charge is -2.51. The van der Waals surface area contributed by atoms with Crippen LogP contribution < -0.4 is 10.1 Å². The molecule has 2 nitrogen and oxygen atoms in total. The van der Waals surface area contributed by atoms with Crippen molar-refractivity contribution in [3.05, 3.63) is 29.8 Å². The summed E-state index contributed by atoms with van der Waals surface area (Å²) in [5.41, 5.74) is 1.52. The van der Waals surface area contributed by atoms with E-state index >= 15 is 0 Å². The van der Waals surface area contributed by atoms with Crippen molar-refractivity contribution in [1.82, 2.24) is 5.32 Å². The number of hydrogen-bond donors (Lipinski definition) is 1. The Morgan fingerprint density at radius 1 is 1.35 bits per heavy atom.